The van der Waals surface area contributed by atoms with E-state index >= 15 is 0 Å². The molecule has 0 fully saturated rings. The topological polar surface area (TPSA) is 29.5 Å². The second-order valence-corrected chi connectivity index (χ2v) is 5.29. The number of rotatable bonds is 3. The zero-order chi connectivity index (χ0) is 12.3. The van der Waals surface area contributed by atoms with E-state index in [2.05, 4.69) is 26.8 Å². The van der Waals surface area contributed by atoms with Crippen LogP contribution >= 0.6 is 0 Å². The first kappa shape index (κ1) is 13.0. The molecule has 1 unspecified atom stereocenters. The Labute approximate surface area is 98.3 Å². The standard InChI is InChI=1S/C14H22O2/c1-10(9-15)12-8-11(16-5)6-7-13(12)14(2,3)4/h6-8,10,15H,9H2,1-5H3. The second kappa shape index (κ2) is 4.88. The van der Waals surface area contributed by atoms with Crippen LogP contribution in [0, 0.1) is 0 Å². The van der Waals surface area contributed by atoms with Crippen LogP contribution < -0.4 is 4.74 Å². The molecule has 0 radical (unpaired) electrons. The summed E-state index contributed by atoms with van der Waals surface area (Å²) in [5, 5.41) is 9.30. The molecule has 0 aliphatic carbocycles. The van der Waals surface area contributed by atoms with Crippen LogP contribution in [0.15, 0.2) is 18.2 Å². The van der Waals surface area contributed by atoms with Crippen molar-refractivity contribution in [2.75, 3.05) is 13.7 Å². The molecular weight excluding hydrogens is 200 g/mol. The molecule has 16 heavy (non-hydrogen) atoms. The number of benzene rings is 1. The Morgan fingerprint density at radius 3 is 2.38 bits per heavy atom. The number of hydrogen-bond acceptors (Lipinski definition) is 2. The summed E-state index contributed by atoms with van der Waals surface area (Å²) in [7, 11) is 1.67. The summed E-state index contributed by atoms with van der Waals surface area (Å²) in [6, 6.07) is 6.11. The predicted octanol–water partition coefficient (Wildman–Crippen LogP) is 3.09. The lowest BCUT2D eigenvalue weighted by Crippen LogP contribution is -2.16. The maximum atomic E-state index is 9.30. The molecule has 0 amide bonds. The SMILES string of the molecule is COc1ccc(C(C)(C)C)c(C(C)CO)c1. The van der Waals surface area contributed by atoms with Crippen LogP contribution in [0.3, 0.4) is 0 Å². The molecule has 90 valence electrons. The van der Waals surface area contributed by atoms with Crippen LogP contribution in [0.1, 0.15) is 44.7 Å². The number of hydrogen-bond donors (Lipinski definition) is 1. The summed E-state index contributed by atoms with van der Waals surface area (Å²) in [6.07, 6.45) is 0. The molecule has 1 N–H and O–H groups in total. The molecule has 2 heteroatoms. The first-order valence-electron chi connectivity index (χ1n) is 5.69. The molecule has 0 aromatic heterocycles. The molecule has 1 aromatic rings. The summed E-state index contributed by atoms with van der Waals surface area (Å²) >= 11 is 0. The van der Waals surface area contributed by atoms with E-state index in [0.29, 0.717) is 0 Å². The maximum absolute atomic E-state index is 9.30. The molecule has 0 aliphatic heterocycles. The fourth-order valence-electron chi connectivity index (χ4n) is 1.86. The third-order valence-corrected chi connectivity index (χ3v) is 2.87. The van der Waals surface area contributed by atoms with Gasteiger partial charge in [-0.3, -0.25) is 0 Å². The van der Waals surface area contributed by atoms with Crippen molar-refractivity contribution in [3.05, 3.63) is 29.3 Å². The van der Waals surface area contributed by atoms with Gasteiger partial charge in [0.05, 0.1) is 7.11 Å². The van der Waals surface area contributed by atoms with Crippen LogP contribution in [0.2, 0.25) is 0 Å². The molecule has 0 spiro atoms. The summed E-state index contributed by atoms with van der Waals surface area (Å²) in [4.78, 5) is 0. The highest BCUT2D eigenvalue weighted by molar-refractivity contribution is 5.41. The lowest BCUT2D eigenvalue weighted by atomic mass is 9.80. The van der Waals surface area contributed by atoms with E-state index in [9.17, 15) is 5.11 Å². The smallest absolute Gasteiger partial charge is 0.119 e. The molecule has 1 rings (SSSR count). The van der Waals surface area contributed by atoms with Gasteiger partial charge >= 0.3 is 0 Å². The Morgan fingerprint density at radius 1 is 1.31 bits per heavy atom. The lowest BCUT2D eigenvalue weighted by Gasteiger charge is -2.25. The van der Waals surface area contributed by atoms with E-state index < -0.39 is 0 Å². The summed E-state index contributed by atoms with van der Waals surface area (Å²) in [5.41, 5.74) is 2.54. The van der Waals surface area contributed by atoms with E-state index in [0.717, 1.165) is 5.75 Å². The normalized spacial score (nSPS) is 13.6. The van der Waals surface area contributed by atoms with Crippen LogP contribution in [-0.2, 0) is 5.41 Å². The van der Waals surface area contributed by atoms with Crippen LogP contribution in [-0.4, -0.2) is 18.8 Å². The van der Waals surface area contributed by atoms with Crippen LogP contribution in [0.5, 0.6) is 5.75 Å². The highest BCUT2D eigenvalue weighted by Crippen LogP contribution is 2.33. The second-order valence-electron chi connectivity index (χ2n) is 5.29. The summed E-state index contributed by atoms with van der Waals surface area (Å²) in [6.45, 7) is 8.74. The highest BCUT2D eigenvalue weighted by atomic mass is 16.5. The monoisotopic (exact) mass is 222 g/mol. The van der Waals surface area contributed by atoms with E-state index in [1.807, 2.05) is 19.1 Å². The molecule has 0 saturated heterocycles. The van der Waals surface area contributed by atoms with Crippen molar-refractivity contribution in [2.24, 2.45) is 0 Å². The van der Waals surface area contributed by atoms with Crippen molar-refractivity contribution in [2.45, 2.75) is 39.0 Å². The molecule has 0 bridgehead atoms. The minimum Gasteiger partial charge on any atom is -0.497 e. The number of ether oxygens (including phenoxy) is 1. The zero-order valence-corrected chi connectivity index (χ0v) is 10.9. The number of aliphatic hydroxyl groups is 1. The van der Waals surface area contributed by atoms with Gasteiger partial charge in [0.1, 0.15) is 5.75 Å². The van der Waals surface area contributed by atoms with Crippen molar-refractivity contribution in [1.82, 2.24) is 0 Å². The van der Waals surface area contributed by atoms with Crippen molar-refractivity contribution in [1.29, 1.82) is 0 Å². The molecular formula is C14H22O2. The molecule has 0 aliphatic rings. The minimum atomic E-state index is 0.0883. The van der Waals surface area contributed by atoms with Crippen molar-refractivity contribution < 1.29 is 9.84 Å². The Hall–Kier alpha value is -1.02. The largest absolute Gasteiger partial charge is 0.497 e. The average molecular weight is 222 g/mol. The summed E-state index contributed by atoms with van der Waals surface area (Å²) in [5.74, 6) is 0.993. The van der Waals surface area contributed by atoms with Crippen molar-refractivity contribution in [3.8, 4) is 5.75 Å². The molecule has 0 saturated carbocycles. The Bertz CT molecular complexity index is 350. The van der Waals surface area contributed by atoms with Gasteiger partial charge in [0.15, 0.2) is 0 Å². The maximum Gasteiger partial charge on any atom is 0.119 e. The Balaban J connectivity index is 3.27. The van der Waals surface area contributed by atoms with Crippen molar-refractivity contribution >= 4 is 0 Å². The quantitative estimate of drug-likeness (QED) is 0.851. The van der Waals surface area contributed by atoms with Crippen LogP contribution in [0.4, 0.5) is 0 Å². The van der Waals surface area contributed by atoms with Crippen LogP contribution in [0.25, 0.3) is 0 Å². The van der Waals surface area contributed by atoms with E-state index in [4.69, 9.17) is 4.74 Å². The van der Waals surface area contributed by atoms with Gasteiger partial charge in [-0.15, -0.1) is 0 Å². The number of methoxy groups -OCH3 is 1. The third kappa shape index (κ3) is 2.76. The molecule has 0 heterocycles. The van der Waals surface area contributed by atoms with E-state index in [1.165, 1.54) is 11.1 Å². The van der Waals surface area contributed by atoms with Gasteiger partial charge in [-0.05, 0) is 28.7 Å². The highest BCUT2D eigenvalue weighted by Gasteiger charge is 2.21. The average Bonchev–Trinajstić information content (AvgIpc) is 2.25. The fraction of sp³-hybridized carbons (Fsp3) is 0.571. The van der Waals surface area contributed by atoms with Gasteiger partial charge in [0.25, 0.3) is 0 Å². The zero-order valence-electron chi connectivity index (χ0n) is 10.9. The third-order valence-electron chi connectivity index (χ3n) is 2.87. The molecule has 1 atom stereocenters. The van der Waals surface area contributed by atoms with Gasteiger partial charge in [0, 0.05) is 12.5 Å². The van der Waals surface area contributed by atoms with Gasteiger partial charge in [-0.1, -0.05) is 33.8 Å². The summed E-state index contributed by atoms with van der Waals surface area (Å²) < 4.78 is 5.24. The first-order chi connectivity index (χ1) is 7.40. The predicted molar refractivity (Wildman–Crippen MR) is 67.2 cm³/mol. The Morgan fingerprint density at radius 2 is 1.94 bits per heavy atom. The van der Waals surface area contributed by atoms with Gasteiger partial charge < -0.3 is 9.84 Å². The number of aliphatic hydroxyl groups excluding tert-OH is 1. The van der Waals surface area contributed by atoms with Gasteiger partial charge in [0.2, 0.25) is 0 Å². The molecule has 1 aromatic carbocycles. The van der Waals surface area contributed by atoms with Gasteiger partial charge in [-0.2, -0.15) is 0 Å². The molecule has 2 nitrogen and oxygen atoms in total. The fourth-order valence-corrected chi connectivity index (χ4v) is 1.86. The lowest BCUT2D eigenvalue weighted by molar-refractivity contribution is 0.271. The minimum absolute atomic E-state index is 0.0883. The van der Waals surface area contributed by atoms with E-state index in [1.54, 1.807) is 7.11 Å². The Kier molecular flexibility index (Phi) is 3.98. The first-order valence-corrected chi connectivity index (χ1v) is 5.69. The van der Waals surface area contributed by atoms with Crippen molar-refractivity contribution in [3.63, 3.8) is 0 Å². The van der Waals surface area contributed by atoms with E-state index in [-0.39, 0.29) is 17.9 Å². The van der Waals surface area contributed by atoms with Gasteiger partial charge in [-0.25, -0.2) is 0 Å².